The third-order valence-electron chi connectivity index (χ3n) is 1.98. The van der Waals surface area contributed by atoms with Gasteiger partial charge in [0.15, 0.2) is 0 Å². The van der Waals surface area contributed by atoms with Crippen molar-refractivity contribution in [1.82, 2.24) is 19.9 Å². The average molecular weight is 334 g/mol. The molecule has 4 nitrogen and oxygen atoms in total. The molecule has 0 aliphatic carbocycles. The fraction of sp³-hybridized carbons (Fsp3) is 0. The molecule has 21 heavy (non-hydrogen) atoms. The molecule has 0 atom stereocenters. The molecule has 0 spiro atoms. The first-order valence-corrected chi connectivity index (χ1v) is 6.31. The van der Waals surface area contributed by atoms with Crippen LogP contribution >= 0.6 is 0 Å². The van der Waals surface area contributed by atoms with Gasteiger partial charge in [0.05, 0.1) is 0 Å². The molecule has 5 heteroatoms. The van der Waals surface area contributed by atoms with Crippen molar-refractivity contribution in [2.24, 2.45) is 0 Å². The number of hydrogen-bond acceptors (Lipinski definition) is 0. The van der Waals surface area contributed by atoms with E-state index in [-0.39, 0.29) is 19.5 Å². The van der Waals surface area contributed by atoms with Crippen molar-refractivity contribution >= 4 is 0 Å². The Bertz CT molecular complexity index is 351. The minimum Gasteiger partial charge on any atom is -0.368 e. The topological polar surface area (TPSA) is 63.2 Å². The van der Waals surface area contributed by atoms with Crippen LogP contribution in [0.1, 0.15) is 0 Å². The molecule has 0 aromatic carbocycles. The number of H-pyrrole nitrogens is 4. The standard InChI is InChI=1S/4C4H5N.Zn/c4*1-2-4-5-3-1;/h4*1-5H;. The minimum atomic E-state index is 0. The first-order chi connectivity index (χ1) is 10.0. The summed E-state index contributed by atoms with van der Waals surface area (Å²) in [6.07, 6.45) is 15.0. The number of aromatic amines is 4. The van der Waals surface area contributed by atoms with Crippen LogP contribution in [0.5, 0.6) is 0 Å². The van der Waals surface area contributed by atoms with Gasteiger partial charge in [-0.15, -0.1) is 0 Å². The van der Waals surface area contributed by atoms with Crippen LogP contribution < -0.4 is 0 Å². The van der Waals surface area contributed by atoms with Crippen LogP contribution in [-0.4, -0.2) is 19.9 Å². The third kappa shape index (κ3) is 14.0. The van der Waals surface area contributed by atoms with E-state index in [0.29, 0.717) is 0 Å². The summed E-state index contributed by atoms with van der Waals surface area (Å²) in [6.45, 7) is 0. The molecule has 0 fully saturated rings. The van der Waals surface area contributed by atoms with E-state index in [4.69, 9.17) is 0 Å². The van der Waals surface area contributed by atoms with E-state index in [9.17, 15) is 0 Å². The summed E-state index contributed by atoms with van der Waals surface area (Å²) < 4.78 is 0. The van der Waals surface area contributed by atoms with Crippen LogP contribution in [0.4, 0.5) is 0 Å². The van der Waals surface area contributed by atoms with Gasteiger partial charge in [-0.2, -0.15) is 0 Å². The Morgan fingerprint density at radius 3 is 0.476 bits per heavy atom. The van der Waals surface area contributed by atoms with Crippen molar-refractivity contribution < 1.29 is 19.5 Å². The third-order valence-corrected chi connectivity index (χ3v) is 1.98. The molecule has 4 aromatic rings. The van der Waals surface area contributed by atoms with E-state index < -0.39 is 0 Å². The van der Waals surface area contributed by atoms with Gasteiger partial charge in [-0.1, -0.05) is 0 Å². The minimum absolute atomic E-state index is 0. The van der Waals surface area contributed by atoms with Gasteiger partial charge in [-0.25, -0.2) is 0 Å². The summed E-state index contributed by atoms with van der Waals surface area (Å²) in [4.78, 5) is 11.4. The maximum Gasteiger partial charge on any atom is 0.000496 e. The molecule has 4 rings (SSSR count). The Hall–Kier alpha value is -2.26. The van der Waals surface area contributed by atoms with E-state index in [1.807, 2.05) is 98.1 Å². The second-order valence-corrected chi connectivity index (χ2v) is 3.54. The number of rotatable bonds is 0. The molecule has 0 aliphatic rings. The molecule has 4 aromatic heterocycles. The Labute approximate surface area is 137 Å². The van der Waals surface area contributed by atoms with Gasteiger partial charge in [0.2, 0.25) is 0 Å². The predicted octanol–water partition coefficient (Wildman–Crippen LogP) is 4.06. The quantitative estimate of drug-likeness (QED) is 0.351. The van der Waals surface area contributed by atoms with Crippen molar-refractivity contribution in [3.8, 4) is 0 Å². The van der Waals surface area contributed by atoms with Crippen LogP contribution in [0, 0.1) is 0 Å². The summed E-state index contributed by atoms with van der Waals surface area (Å²) in [7, 11) is 0. The summed E-state index contributed by atoms with van der Waals surface area (Å²) in [5.74, 6) is 0. The number of hydrogen-bond donors (Lipinski definition) is 4. The van der Waals surface area contributed by atoms with Crippen LogP contribution in [0.15, 0.2) is 98.1 Å². The molecule has 106 valence electrons. The van der Waals surface area contributed by atoms with Gasteiger partial charge < -0.3 is 19.9 Å². The fourth-order valence-electron chi connectivity index (χ4n) is 1.11. The maximum atomic E-state index is 2.86. The van der Waals surface area contributed by atoms with Crippen molar-refractivity contribution in [2.45, 2.75) is 0 Å². The van der Waals surface area contributed by atoms with Gasteiger partial charge in [-0.05, 0) is 48.5 Å². The molecule has 0 saturated heterocycles. The van der Waals surface area contributed by atoms with E-state index in [0.717, 1.165) is 0 Å². The summed E-state index contributed by atoms with van der Waals surface area (Å²) in [5.41, 5.74) is 0. The van der Waals surface area contributed by atoms with Crippen LogP contribution in [0.2, 0.25) is 0 Å². The first-order valence-electron chi connectivity index (χ1n) is 6.31. The molecule has 0 saturated carbocycles. The van der Waals surface area contributed by atoms with Gasteiger partial charge in [0.25, 0.3) is 0 Å². The summed E-state index contributed by atoms with van der Waals surface area (Å²) in [6, 6.07) is 15.6. The Kier molecular flexibility index (Phi) is 14.1. The van der Waals surface area contributed by atoms with Gasteiger partial charge in [0, 0.05) is 69.1 Å². The molecular weight excluding hydrogens is 314 g/mol. The average Bonchev–Trinajstić information content (AvgIpc) is 3.40. The zero-order valence-electron chi connectivity index (χ0n) is 11.9. The molecular formula is C16H20N4Zn. The maximum absolute atomic E-state index is 2.86. The molecule has 4 heterocycles. The normalized spacial score (nSPS) is 7.62. The second kappa shape index (κ2) is 15.8. The second-order valence-electron chi connectivity index (χ2n) is 3.54. The molecule has 0 unspecified atom stereocenters. The fourth-order valence-corrected chi connectivity index (χ4v) is 1.11. The van der Waals surface area contributed by atoms with Gasteiger partial charge >= 0.3 is 0 Å². The first kappa shape index (κ1) is 18.7. The van der Waals surface area contributed by atoms with E-state index in [1.165, 1.54) is 0 Å². The smallest absolute Gasteiger partial charge is 0.000496 e. The number of nitrogens with one attached hydrogen (secondary N) is 4. The Morgan fingerprint density at radius 2 is 0.429 bits per heavy atom. The van der Waals surface area contributed by atoms with Crippen LogP contribution in [-0.2, 0) is 19.5 Å². The number of aromatic nitrogens is 4. The van der Waals surface area contributed by atoms with Crippen molar-refractivity contribution in [2.75, 3.05) is 0 Å². The van der Waals surface area contributed by atoms with Crippen molar-refractivity contribution in [3.63, 3.8) is 0 Å². The zero-order chi connectivity index (χ0) is 14.1. The van der Waals surface area contributed by atoms with Crippen LogP contribution in [0.3, 0.4) is 0 Å². The monoisotopic (exact) mass is 332 g/mol. The molecule has 0 radical (unpaired) electrons. The molecule has 0 bridgehead atoms. The zero-order valence-corrected chi connectivity index (χ0v) is 14.9. The summed E-state index contributed by atoms with van der Waals surface area (Å²) in [5, 5.41) is 0. The Balaban J connectivity index is 0.000000250. The van der Waals surface area contributed by atoms with E-state index in [1.54, 1.807) is 0 Å². The van der Waals surface area contributed by atoms with Crippen LogP contribution in [0.25, 0.3) is 0 Å². The SMILES string of the molecule is [Zn].c1cc[nH]c1.c1cc[nH]c1.c1cc[nH]c1.c1cc[nH]c1. The molecule has 0 amide bonds. The molecule has 0 aliphatic heterocycles. The largest absolute Gasteiger partial charge is 0.368 e. The summed E-state index contributed by atoms with van der Waals surface area (Å²) >= 11 is 0. The molecule has 4 N–H and O–H groups in total. The Morgan fingerprint density at radius 1 is 0.286 bits per heavy atom. The predicted molar refractivity (Wildman–Crippen MR) is 83.2 cm³/mol. The van der Waals surface area contributed by atoms with E-state index >= 15 is 0 Å². The van der Waals surface area contributed by atoms with Crippen molar-refractivity contribution in [3.05, 3.63) is 98.1 Å². The van der Waals surface area contributed by atoms with E-state index in [2.05, 4.69) is 19.9 Å². The van der Waals surface area contributed by atoms with Crippen molar-refractivity contribution in [1.29, 1.82) is 0 Å². The van der Waals surface area contributed by atoms with Gasteiger partial charge in [-0.3, -0.25) is 0 Å². The van der Waals surface area contributed by atoms with Gasteiger partial charge in [0.1, 0.15) is 0 Å².